The van der Waals surface area contributed by atoms with Gasteiger partial charge in [0.05, 0.1) is 32.7 Å². The summed E-state index contributed by atoms with van der Waals surface area (Å²) < 4.78 is 37.1. The molecular formula is C25H29N4O6P3S2+2. The molecule has 0 spiro atoms. The van der Waals surface area contributed by atoms with Crippen molar-refractivity contribution in [1.29, 1.82) is 0 Å². The second-order valence-corrected chi connectivity index (χ2v) is 14.7. The number of rotatable bonds is 14. The van der Waals surface area contributed by atoms with Crippen LogP contribution in [-0.2, 0) is 43.4 Å². The Hall–Kier alpha value is -2.81. The number of benzene rings is 3. The minimum Gasteiger partial charge on any atom is -0.508 e. The molecule has 10 nitrogen and oxygen atoms in total. The van der Waals surface area contributed by atoms with E-state index in [-0.39, 0.29) is 11.9 Å². The zero-order valence-electron chi connectivity index (χ0n) is 22.2. The second-order valence-electron chi connectivity index (χ2n) is 8.06. The van der Waals surface area contributed by atoms with E-state index in [0.717, 1.165) is 16.7 Å². The third-order valence-corrected chi connectivity index (χ3v) is 10.8. The molecule has 0 amide bonds. The van der Waals surface area contributed by atoms with Crippen LogP contribution in [0.15, 0.2) is 83.0 Å². The minimum atomic E-state index is -3.14. The molecular weight excluding hydrogens is 609 g/mol. The summed E-state index contributed by atoms with van der Waals surface area (Å²) in [5.41, 5.74) is 2.47. The zero-order chi connectivity index (χ0) is 29.1. The number of hydrogen-bond acceptors (Lipinski definition) is 10. The van der Waals surface area contributed by atoms with Gasteiger partial charge in [-0.15, -0.1) is 10.2 Å². The minimum absolute atomic E-state index is 0.163. The molecule has 0 aliphatic rings. The highest BCUT2D eigenvalue weighted by Gasteiger charge is 2.23. The number of aromatic hydroxyl groups is 1. The molecule has 2 atom stereocenters. The molecule has 0 radical (unpaired) electrons. The molecule has 0 bridgehead atoms. The summed E-state index contributed by atoms with van der Waals surface area (Å²) >= 11 is 10.9. The molecule has 1 N–H and O–H groups in total. The Morgan fingerprint density at radius 1 is 0.775 bits per heavy atom. The number of hydrazone groups is 2. The van der Waals surface area contributed by atoms with Gasteiger partial charge in [0, 0.05) is 14.2 Å². The SMILES string of the molecule is COP(=O)(Cc1ccc(O[P+](=S)N(C)/N=C\c2ccc(O[P+](=S)N(C)/N=C\c3ccc(O)cc3)cc2)cc1)OC. The molecule has 2 unspecified atom stereocenters. The summed E-state index contributed by atoms with van der Waals surface area (Å²) in [6, 6.07) is 21.1. The normalized spacial score (nSPS) is 12.4. The van der Waals surface area contributed by atoms with Gasteiger partial charge in [0.2, 0.25) is 23.6 Å². The van der Waals surface area contributed by atoms with Gasteiger partial charge in [-0.05, 0) is 77.4 Å². The lowest BCUT2D eigenvalue weighted by atomic mass is 10.2. The van der Waals surface area contributed by atoms with Crippen molar-refractivity contribution in [3.8, 4) is 17.2 Å². The van der Waals surface area contributed by atoms with Crippen LogP contribution in [0.3, 0.4) is 0 Å². The first kappa shape index (κ1) is 31.7. The lowest BCUT2D eigenvalue weighted by Crippen LogP contribution is -2.04. The van der Waals surface area contributed by atoms with E-state index < -0.39 is 21.7 Å². The van der Waals surface area contributed by atoms with Crippen molar-refractivity contribution in [2.24, 2.45) is 10.2 Å². The van der Waals surface area contributed by atoms with E-state index in [1.807, 2.05) is 12.1 Å². The van der Waals surface area contributed by atoms with E-state index in [1.54, 1.807) is 96.7 Å². The summed E-state index contributed by atoms with van der Waals surface area (Å²) in [5, 5.41) is 18.1. The van der Waals surface area contributed by atoms with Crippen molar-refractivity contribution >= 4 is 57.8 Å². The molecule has 3 aromatic carbocycles. The predicted molar refractivity (Wildman–Crippen MR) is 167 cm³/mol. The highest BCUT2D eigenvalue weighted by molar-refractivity contribution is 8.02. The average Bonchev–Trinajstić information content (AvgIpc) is 2.97. The standard InChI is InChI=1S/C25H28N4O6P3S2/c1-28(26-17-20-5-11-23(30)12-6-20)36(39)34-24-13-7-21(8-14-24)18-27-29(2)37(40)35-25-15-9-22(10-16-25)19-38(31,32-3)33-4/h5-18H,19H2,1-4H3/q+1/p+1/b27-18-. The first-order chi connectivity index (χ1) is 19.1. The van der Waals surface area contributed by atoms with E-state index in [9.17, 15) is 9.67 Å². The topological polar surface area (TPSA) is 105 Å². The van der Waals surface area contributed by atoms with Crippen LogP contribution in [0.25, 0.3) is 0 Å². The fraction of sp³-hybridized carbons (Fsp3) is 0.200. The van der Waals surface area contributed by atoms with Gasteiger partial charge in [0.25, 0.3) is 0 Å². The number of hydrogen-bond donors (Lipinski definition) is 1. The first-order valence-corrected chi connectivity index (χ1v) is 17.8. The largest absolute Gasteiger partial charge is 0.540 e. The van der Waals surface area contributed by atoms with Crippen molar-refractivity contribution in [1.82, 2.24) is 9.56 Å². The zero-order valence-corrected chi connectivity index (χ0v) is 26.5. The van der Waals surface area contributed by atoms with Crippen LogP contribution >= 0.6 is 21.7 Å². The van der Waals surface area contributed by atoms with E-state index in [4.69, 9.17) is 41.7 Å². The molecule has 0 saturated carbocycles. The maximum atomic E-state index is 12.3. The Morgan fingerprint density at radius 2 is 1.18 bits per heavy atom. The highest BCUT2D eigenvalue weighted by Crippen LogP contribution is 2.49. The molecule has 0 saturated heterocycles. The van der Waals surface area contributed by atoms with Gasteiger partial charge in [0.15, 0.2) is 11.5 Å². The van der Waals surface area contributed by atoms with Gasteiger partial charge in [-0.3, -0.25) is 13.6 Å². The molecule has 3 rings (SSSR count). The molecule has 0 aliphatic carbocycles. The molecule has 0 fully saturated rings. The van der Waals surface area contributed by atoms with E-state index in [0.29, 0.717) is 11.5 Å². The van der Waals surface area contributed by atoms with Crippen LogP contribution in [-0.4, -0.2) is 55.4 Å². The van der Waals surface area contributed by atoms with Crippen molar-refractivity contribution in [3.05, 3.63) is 89.5 Å². The number of phenols is 1. The third kappa shape index (κ3) is 9.98. The van der Waals surface area contributed by atoms with Crippen molar-refractivity contribution in [2.75, 3.05) is 28.3 Å². The van der Waals surface area contributed by atoms with Gasteiger partial charge in [-0.25, -0.2) is 0 Å². The fourth-order valence-electron chi connectivity index (χ4n) is 2.94. The molecule has 0 heterocycles. The Balaban J connectivity index is 1.49. The third-order valence-electron chi connectivity index (χ3n) is 5.22. The van der Waals surface area contributed by atoms with Gasteiger partial charge < -0.3 is 14.2 Å². The lowest BCUT2D eigenvalue weighted by Gasteiger charge is -2.13. The Kier molecular flexibility index (Phi) is 12.1. The van der Waals surface area contributed by atoms with Crippen LogP contribution < -0.4 is 9.05 Å². The van der Waals surface area contributed by atoms with E-state index >= 15 is 0 Å². The summed E-state index contributed by atoms with van der Waals surface area (Å²) in [7, 11) is 0.196. The van der Waals surface area contributed by atoms with Gasteiger partial charge >= 0.3 is 21.7 Å². The summed E-state index contributed by atoms with van der Waals surface area (Å²) in [6.45, 7) is 0. The highest BCUT2D eigenvalue weighted by atomic mass is 32.4. The quantitative estimate of drug-likeness (QED) is 0.118. The van der Waals surface area contributed by atoms with Crippen LogP contribution in [0.4, 0.5) is 0 Å². The first-order valence-electron chi connectivity index (χ1n) is 11.6. The smallest absolute Gasteiger partial charge is 0.508 e. The monoisotopic (exact) mass is 638 g/mol. The van der Waals surface area contributed by atoms with Crippen molar-refractivity contribution in [2.45, 2.75) is 6.16 Å². The molecule has 0 aromatic heterocycles. The van der Waals surface area contributed by atoms with Gasteiger partial charge in [-0.2, -0.15) is 0 Å². The predicted octanol–water partition coefficient (Wildman–Crippen LogP) is 6.62. The maximum absolute atomic E-state index is 12.3. The van der Waals surface area contributed by atoms with Crippen LogP contribution in [0.5, 0.6) is 17.2 Å². The van der Waals surface area contributed by atoms with Crippen molar-refractivity contribution in [3.63, 3.8) is 0 Å². The van der Waals surface area contributed by atoms with E-state index in [2.05, 4.69) is 10.2 Å². The van der Waals surface area contributed by atoms with Crippen LogP contribution in [0.2, 0.25) is 0 Å². The Labute approximate surface area is 245 Å². The Morgan fingerprint density at radius 3 is 1.60 bits per heavy atom. The molecule has 40 heavy (non-hydrogen) atoms. The second kappa shape index (κ2) is 15.3. The maximum Gasteiger partial charge on any atom is 0.540 e. The van der Waals surface area contributed by atoms with E-state index in [1.165, 1.54) is 14.2 Å². The van der Waals surface area contributed by atoms with Crippen LogP contribution in [0, 0.1) is 0 Å². The number of nitrogens with zero attached hydrogens (tertiary/aromatic N) is 4. The summed E-state index contributed by atoms with van der Waals surface area (Å²) in [4.78, 5) is 0. The van der Waals surface area contributed by atoms with Gasteiger partial charge in [-0.1, -0.05) is 21.7 Å². The lowest BCUT2D eigenvalue weighted by molar-refractivity contribution is 0.275. The summed E-state index contributed by atoms with van der Waals surface area (Å²) in [5.74, 6) is 1.39. The van der Waals surface area contributed by atoms with Crippen LogP contribution in [0.1, 0.15) is 16.7 Å². The Bertz CT molecular complexity index is 1400. The molecule has 0 aliphatic heterocycles. The summed E-state index contributed by atoms with van der Waals surface area (Å²) in [6.07, 6.45) is 3.49. The molecule has 210 valence electrons. The fourth-order valence-corrected chi connectivity index (χ4v) is 5.89. The van der Waals surface area contributed by atoms with Gasteiger partial charge in [0.1, 0.15) is 5.75 Å². The molecule has 3 aromatic rings. The average molecular weight is 639 g/mol. The van der Waals surface area contributed by atoms with Crippen molar-refractivity contribution < 1.29 is 27.8 Å². The number of phenolic OH excluding ortho intramolecular Hbond substituents is 1. The molecule has 15 heteroatoms.